The Morgan fingerprint density at radius 1 is 1.14 bits per heavy atom. The number of benzene rings is 1. The summed E-state index contributed by atoms with van der Waals surface area (Å²) in [7, 11) is 0. The van der Waals surface area contributed by atoms with Gasteiger partial charge in [-0.15, -0.1) is 0 Å². The zero-order chi connectivity index (χ0) is 20.0. The quantitative estimate of drug-likeness (QED) is 0.754. The van der Waals surface area contributed by atoms with E-state index in [1.54, 1.807) is 0 Å². The van der Waals surface area contributed by atoms with Crippen LogP contribution in [0.5, 0.6) is 0 Å². The molecule has 1 aliphatic carbocycles. The second kappa shape index (κ2) is 7.52. The van der Waals surface area contributed by atoms with Crippen LogP contribution in [0, 0.1) is 5.92 Å². The van der Waals surface area contributed by atoms with E-state index in [-0.39, 0.29) is 0 Å². The van der Waals surface area contributed by atoms with E-state index in [4.69, 9.17) is 5.10 Å². The predicted molar refractivity (Wildman–Crippen MR) is 119 cm³/mol. The zero-order valence-corrected chi connectivity index (χ0v) is 17.9. The molecule has 2 aromatic rings. The van der Waals surface area contributed by atoms with Crippen molar-refractivity contribution < 1.29 is 0 Å². The minimum atomic E-state index is 0.510. The van der Waals surface area contributed by atoms with Crippen LogP contribution in [0.1, 0.15) is 74.9 Å². The SMILES string of the molecule is CC(C)N1Cc2ccc(Nc3nn([C@H]4CCCC[C@@H]4C)c4c3CNC=C4)cc2C1. The van der Waals surface area contributed by atoms with Gasteiger partial charge >= 0.3 is 0 Å². The summed E-state index contributed by atoms with van der Waals surface area (Å²) in [5.41, 5.74) is 6.60. The molecule has 1 fully saturated rings. The van der Waals surface area contributed by atoms with E-state index in [2.05, 4.69) is 71.5 Å². The van der Waals surface area contributed by atoms with Gasteiger partial charge in [0.25, 0.3) is 0 Å². The average Bonchev–Trinajstić information content (AvgIpc) is 3.30. The molecule has 1 aromatic heterocycles. The fraction of sp³-hybridized carbons (Fsp3) is 0.542. The highest BCUT2D eigenvalue weighted by molar-refractivity contribution is 5.67. The molecule has 0 radical (unpaired) electrons. The minimum Gasteiger partial charge on any atom is -0.387 e. The molecule has 0 amide bonds. The Bertz CT molecular complexity index is 926. The molecule has 0 spiro atoms. The van der Waals surface area contributed by atoms with Crippen molar-refractivity contribution in [2.75, 3.05) is 5.32 Å². The predicted octanol–water partition coefficient (Wildman–Crippen LogP) is 5.18. The first-order valence-corrected chi connectivity index (χ1v) is 11.2. The molecule has 3 aliphatic rings. The zero-order valence-electron chi connectivity index (χ0n) is 17.9. The van der Waals surface area contributed by atoms with Gasteiger partial charge in [-0.3, -0.25) is 9.58 Å². The molecule has 2 N–H and O–H groups in total. The molecule has 5 nitrogen and oxygen atoms in total. The van der Waals surface area contributed by atoms with Gasteiger partial charge in [0, 0.05) is 36.9 Å². The fourth-order valence-electron chi connectivity index (χ4n) is 5.15. The molecule has 2 aliphatic heterocycles. The standard InChI is InChI=1S/C24H33N5/c1-16(2)28-14-18-8-9-20(12-19(18)15-28)26-24-21-13-25-11-10-23(21)29(27-24)22-7-5-4-6-17(22)3/h8-12,16-17,22,25H,4-7,13-15H2,1-3H3,(H,26,27)/t17-,22-/m0/s1. The van der Waals surface area contributed by atoms with Crippen molar-refractivity contribution in [1.29, 1.82) is 0 Å². The Morgan fingerprint density at radius 3 is 2.79 bits per heavy atom. The number of hydrogen-bond acceptors (Lipinski definition) is 4. The molecular weight excluding hydrogens is 358 g/mol. The van der Waals surface area contributed by atoms with Gasteiger partial charge in [0.1, 0.15) is 0 Å². The van der Waals surface area contributed by atoms with Crippen LogP contribution in [0.4, 0.5) is 11.5 Å². The van der Waals surface area contributed by atoms with Gasteiger partial charge in [-0.2, -0.15) is 5.10 Å². The highest BCUT2D eigenvalue weighted by atomic mass is 15.3. The van der Waals surface area contributed by atoms with Crippen LogP contribution in [0.3, 0.4) is 0 Å². The van der Waals surface area contributed by atoms with Gasteiger partial charge in [0.15, 0.2) is 5.82 Å². The molecule has 29 heavy (non-hydrogen) atoms. The number of nitrogens with zero attached hydrogens (tertiary/aromatic N) is 3. The lowest BCUT2D eigenvalue weighted by Gasteiger charge is -2.30. The van der Waals surface area contributed by atoms with Crippen molar-refractivity contribution in [2.45, 2.75) is 78.2 Å². The van der Waals surface area contributed by atoms with Gasteiger partial charge in [-0.05, 0) is 68.1 Å². The summed E-state index contributed by atoms with van der Waals surface area (Å²) in [5, 5.41) is 12.1. The molecule has 1 saturated carbocycles. The van der Waals surface area contributed by atoms with E-state index < -0.39 is 0 Å². The van der Waals surface area contributed by atoms with Crippen LogP contribution in [-0.2, 0) is 19.6 Å². The Morgan fingerprint density at radius 2 is 1.97 bits per heavy atom. The van der Waals surface area contributed by atoms with Crippen molar-refractivity contribution in [1.82, 2.24) is 20.0 Å². The van der Waals surface area contributed by atoms with E-state index in [0.29, 0.717) is 18.0 Å². The third kappa shape index (κ3) is 3.46. The van der Waals surface area contributed by atoms with Gasteiger partial charge < -0.3 is 10.6 Å². The lowest BCUT2D eigenvalue weighted by atomic mass is 9.86. The normalized spacial score (nSPS) is 23.7. The van der Waals surface area contributed by atoms with Gasteiger partial charge in [0.05, 0.1) is 11.7 Å². The molecule has 5 rings (SSSR count). The van der Waals surface area contributed by atoms with Crippen molar-refractivity contribution in [3.63, 3.8) is 0 Å². The molecule has 0 bridgehead atoms. The van der Waals surface area contributed by atoms with Crippen LogP contribution in [0.25, 0.3) is 6.08 Å². The first-order chi connectivity index (χ1) is 14.1. The summed E-state index contributed by atoms with van der Waals surface area (Å²) in [6, 6.07) is 7.90. The fourth-order valence-corrected chi connectivity index (χ4v) is 5.15. The number of anilines is 2. The van der Waals surface area contributed by atoms with Gasteiger partial charge in [-0.1, -0.05) is 25.8 Å². The second-order valence-corrected chi connectivity index (χ2v) is 9.31. The Labute approximate surface area is 174 Å². The monoisotopic (exact) mass is 391 g/mol. The molecule has 0 saturated heterocycles. The van der Waals surface area contributed by atoms with Crippen molar-refractivity contribution >= 4 is 17.6 Å². The maximum atomic E-state index is 5.10. The Balaban J connectivity index is 1.44. The topological polar surface area (TPSA) is 45.1 Å². The first-order valence-electron chi connectivity index (χ1n) is 11.2. The van der Waals surface area contributed by atoms with Crippen molar-refractivity contribution in [3.8, 4) is 0 Å². The minimum absolute atomic E-state index is 0.510. The highest BCUT2D eigenvalue weighted by Gasteiger charge is 2.29. The summed E-state index contributed by atoms with van der Waals surface area (Å²) >= 11 is 0. The number of hydrogen-bond donors (Lipinski definition) is 2. The molecule has 5 heteroatoms. The molecular formula is C24H33N5. The second-order valence-electron chi connectivity index (χ2n) is 9.31. The van der Waals surface area contributed by atoms with Gasteiger partial charge in [-0.25, -0.2) is 0 Å². The molecule has 154 valence electrons. The third-order valence-electron chi connectivity index (χ3n) is 7.01. The van der Waals surface area contributed by atoms with Crippen LogP contribution in [0.15, 0.2) is 24.4 Å². The van der Waals surface area contributed by atoms with E-state index in [0.717, 1.165) is 31.1 Å². The Hall–Kier alpha value is -2.27. The van der Waals surface area contributed by atoms with Crippen LogP contribution in [-0.4, -0.2) is 20.7 Å². The number of rotatable bonds is 4. The first kappa shape index (κ1) is 18.7. The van der Waals surface area contributed by atoms with E-state index in [9.17, 15) is 0 Å². The average molecular weight is 392 g/mol. The summed E-state index contributed by atoms with van der Waals surface area (Å²) in [4.78, 5) is 2.52. The van der Waals surface area contributed by atoms with Crippen LogP contribution < -0.4 is 10.6 Å². The number of aromatic nitrogens is 2. The maximum Gasteiger partial charge on any atom is 0.158 e. The maximum absolute atomic E-state index is 5.10. The summed E-state index contributed by atoms with van der Waals surface area (Å²) < 4.78 is 2.31. The van der Waals surface area contributed by atoms with Gasteiger partial charge in [0.2, 0.25) is 0 Å². The molecule has 2 atom stereocenters. The van der Waals surface area contributed by atoms with Crippen molar-refractivity contribution in [2.24, 2.45) is 5.92 Å². The largest absolute Gasteiger partial charge is 0.387 e. The Kier molecular flexibility index (Phi) is 4.86. The molecule has 0 unspecified atom stereocenters. The van der Waals surface area contributed by atoms with Crippen LogP contribution in [0.2, 0.25) is 0 Å². The van der Waals surface area contributed by atoms with E-state index in [1.165, 1.54) is 48.1 Å². The molecule has 3 heterocycles. The smallest absolute Gasteiger partial charge is 0.158 e. The number of nitrogens with one attached hydrogen (secondary N) is 2. The third-order valence-corrected chi connectivity index (χ3v) is 7.01. The van der Waals surface area contributed by atoms with E-state index >= 15 is 0 Å². The summed E-state index contributed by atoms with van der Waals surface area (Å²) in [6.07, 6.45) is 9.47. The highest BCUT2D eigenvalue weighted by Crippen LogP contribution is 2.38. The lowest BCUT2D eigenvalue weighted by molar-refractivity contribution is 0.227. The van der Waals surface area contributed by atoms with E-state index in [1.807, 2.05) is 0 Å². The lowest BCUT2D eigenvalue weighted by Crippen LogP contribution is -2.24. The van der Waals surface area contributed by atoms with Crippen LogP contribution >= 0.6 is 0 Å². The summed E-state index contributed by atoms with van der Waals surface area (Å²) in [5.74, 6) is 1.69. The molecule has 1 aromatic carbocycles. The number of fused-ring (bicyclic) bond motifs is 2. The van der Waals surface area contributed by atoms with Crippen molar-refractivity contribution in [3.05, 3.63) is 46.8 Å². The summed E-state index contributed by atoms with van der Waals surface area (Å²) in [6.45, 7) is 9.87.